The van der Waals surface area contributed by atoms with Gasteiger partial charge in [-0.15, -0.1) is 6.58 Å². The molecule has 30 heavy (non-hydrogen) atoms. The number of hydrogen-bond acceptors (Lipinski definition) is 6. The van der Waals surface area contributed by atoms with Crippen LogP contribution in [-0.2, 0) is 9.53 Å². The highest BCUT2D eigenvalue weighted by molar-refractivity contribution is 6.22. The van der Waals surface area contributed by atoms with Crippen LogP contribution in [0.25, 0.3) is 0 Å². The number of ether oxygens (including phenoxy) is 2. The smallest absolute Gasteiger partial charge is 0.338 e. The van der Waals surface area contributed by atoms with E-state index in [-0.39, 0.29) is 23.2 Å². The van der Waals surface area contributed by atoms with Crippen LogP contribution >= 0.6 is 0 Å². The standard InChI is InChI=1S/C22H20N2O6/c1-4-11-24-20(26)15-10-9-14(12-16(15)21(24)27)22(28)30-13(2)19(25)23-17-7-5-6-8-18(17)29-3/h4-10,12-13H,1,11H2,2-3H3,(H,23,25)/t13-/m1/s1. The number of methoxy groups -OCH3 is 1. The lowest BCUT2D eigenvalue weighted by Crippen LogP contribution is -2.30. The van der Waals surface area contributed by atoms with Crippen molar-refractivity contribution in [1.29, 1.82) is 0 Å². The van der Waals surface area contributed by atoms with Crippen LogP contribution in [0.4, 0.5) is 5.69 Å². The number of nitrogens with zero attached hydrogens (tertiary/aromatic N) is 1. The molecule has 0 saturated heterocycles. The number of fused-ring (bicyclic) bond motifs is 1. The minimum absolute atomic E-state index is 0.0623. The minimum Gasteiger partial charge on any atom is -0.495 e. The van der Waals surface area contributed by atoms with E-state index in [4.69, 9.17) is 9.47 Å². The number of esters is 1. The summed E-state index contributed by atoms with van der Waals surface area (Å²) < 4.78 is 10.4. The molecule has 0 spiro atoms. The molecule has 3 amide bonds. The molecule has 0 fully saturated rings. The van der Waals surface area contributed by atoms with Crippen LogP contribution < -0.4 is 10.1 Å². The lowest BCUT2D eigenvalue weighted by Gasteiger charge is -2.15. The van der Waals surface area contributed by atoms with Crippen LogP contribution in [0.5, 0.6) is 5.75 Å². The number of rotatable bonds is 7. The first kappa shape index (κ1) is 20.8. The van der Waals surface area contributed by atoms with Crippen LogP contribution in [0.2, 0.25) is 0 Å². The van der Waals surface area contributed by atoms with Crippen LogP contribution in [0.1, 0.15) is 38.0 Å². The molecule has 0 bridgehead atoms. The van der Waals surface area contributed by atoms with Crippen molar-refractivity contribution >= 4 is 29.4 Å². The zero-order chi connectivity index (χ0) is 21.8. The lowest BCUT2D eigenvalue weighted by molar-refractivity contribution is -0.123. The first-order chi connectivity index (χ1) is 14.4. The van der Waals surface area contributed by atoms with Gasteiger partial charge in [0.05, 0.1) is 29.5 Å². The van der Waals surface area contributed by atoms with Crippen molar-refractivity contribution < 1.29 is 28.7 Å². The number of hydrogen-bond donors (Lipinski definition) is 1. The van der Waals surface area contributed by atoms with E-state index in [1.807, 2.05) is 0 Å². The highest BCUT2D eigenvalue weighted by Crippen LogP contribution is 2.25. The molecule has 8 heteroatoms. The first-order valence-corrected chi connectivity index (χ1v) is 9.13. The van der Waals surface area contributed by atoms with Gasteiger partial charge in [-0.1, -0.05) is 18.2 Å². The molecule has 1 atom stereocenters. The third kappa shape index (κ3) is 3.93. The Morgan fingerprint density at radius 3 is 2.53 bits per heavy atom. The molecule has 0 radical (unpaired) electrons. The van der Waals surface area contributed by atoms with E-state index in [9.17, 15) is 19.2 Å². The zero-order valence-electron chi connectivity index (χ0n) is 16.5. The zero-order valence-corrected chi connectivity index (χ0v) is 16.5. The molecular weight excluding hydrogens is 388 g/mol. The van der Waals surface area contributed by atoms with E-state index >= 15 is 0 Å². The first-order valence-electron chi connectivity index (χ1n) is 9.13. The maximum atomic E-state index is 12.5. The van der Waals surface area contributed by atoms with Gasteiger partial charge in [0.15, 0.2) is 6.10 Å². The minimum atomic E-state index is -1.11. The normalized spacial score (nSPS) is 13.5. The second kappa shape index (κ2) is 8.60. The molecule has 2 aromatic carbocycles. The van der Waals surface area contributed by atoms with Crippen molar-refractivity contribution in [3.8, 4) is 5.75 Å². The Labute approximate surface area is 173 Å². The summed E-state index contributed by atoms with van der Waals surface area (Å²) in [4.78, 5) is 50.5. The Kier molecular flexibility index (Phi) is 5.96. The molecule has 2 aromatic rings. The van der Waals surface area contributed by atoms with E-state index in [1.165, 1.54) is 38.3 Å². The van der Waals surface area contributed by atoms with E-state index in [0.29, 0.717) is 11.4 Å². The Bertz CT molecular complexity index is 1050. The van der Waals surface area contributed by atoms with Gasteiger partial charge in [0.2, 0.25) is 0 Å². The molecule has 0 unspecified atom stereocenters. The maximum absolute atomic E-state index is 12.5. The molecule has 154 valence electrons. The fraction of sp³-hybridized carbons (Fsp3) is 0.182. The van der Waals surface area contributed by atoms with Gasteiger partial charge in [-0.25, -0.2) is 4.79 Å². The van der Waals surface area contributed by atoms with Gasteiger partial charge in [-0.2, -0.15) is 0 Å². The molecule has 0 aromatic heterocycles. The van der Waals surface area contributed by atoms with Gasteiger partial charge < -0.3 is 14.8 Å². The summed E-state index contributed by atoms with van der Waals surface area (Å²) in [5, 5.41) is 2.64. The van der Waals surface area contributed by atoms with Crippen molar-refractivity contribution in [3.05, 3.63) is 71.8 Å². The van der Waals surface area contributed by atoms with Crippen molar-refractivity contribution in [2.24, 2.45) is 0 Å². The summed E-state index contributed by atoms with van der Waals surface area (Å²) in [6.07, 6.45) is 0.337. The second-order valence-corrected chi connectivity index (χ2v) is 6.51. The summed E-state index contributed by atoms with van der Waals surface area (Å²) >= 11 is 0. The number of carbonyl (C=O) groups excluding carboxylic acids is 4. The van der Waals surface area contributed by atoms with Crippen molar-refractivity contribution in [2.75, 3.05) is 19.0 Å². The van der Waals surface area contributed by atoms with Crippen LogP contribution in [0.3, 0.4) is 0 Å². The van der Waals surface area contributed by atoms with E-state index < -0.39 is 29.8 Å². The van der Waals surface area contributed by atoms with E-state index in [2.05, 4.69) is 11.9 Å². The third-order valence-electron chi connectivity index (χ3n) is 4.54. The number of para-hydroxylation sites is 2. The second-order valence-electron chi connectivity index (χ2n) is 6.51. The molecule has 1 aliphatic heterocycles. The monoisotopic (exact) mass is 408 g/mol. The van der Waals surface area contributed by atoms with Gasteiger partial charge in [0, 0.05) is 6.54 Å². The van der Waals surface area contributed by atoms with Gasteiger partial charge >= 0.3 is 5.97 Å². The fourth-order valence-corrected chi connectivity index (χ4v) is 2.98. The molecule has 3 rings (SSSR count). The molecule has 1 N–H and O–H groups in total. The molecule has 0 saturated carbocycles. The summed E-state index contributed by atoms with van der Waals surface area (Å²) in [6.45, 7) is 5.03. The topological polar surface area (TPSA) is 102 Å². The Hall–Kier alpha value is -3.94. The van der Waals surface area contributed by atoms with Gasteiger partial charge in [-0.3, -0.25) is 19.3 Å². The average molecular weight is 408 g/mol. The van der Waals surface area contributed by atoms with Crippen LogP contribution in [0, 0.1) is 0 Å². The Morgan fingerprint density at radius 1 is 1.13 bits per heavy atom. The predicted octanol–water partition coefficient (Wildman–Crippen LogP) is 2.66. The number of imide groups is 1. The van der Waals surface area contributed by atoms with Crippen LogP contribution in [0.15, 0.2) is 55.1 Å². The van der Waals surface area contributed by atoms with Crippen LogP contribution in [-0.4, -0.2) is 48.3 Å². The number of anilines is 1. The lowest BCUT2D eigenvalue weighted by atomic mass is 10.1. The molecule has 0 aliphatic carbocycles. The number of amides is 3. The van der Waals surface area contributed by atoms with Gasteiger partial charge in [0.25, 0.3) is 17.7 Å². The van der Waals surface area contributed by atoms with Crippen molar-refractivity contribution in [3.63, 3.8) is 0 Å². The van der Waals surface area contributed by atoms with E-state index in [0.717, 1.165) is 4.90 Å². The highest BCUT2D eigenvalue weighted by Gasteiger charge is 2.35. The van der Waals surface area contributed by atoms with Gasteiger partial charge in [-0.05, 0) is 37.3 Å². The highest BCUT2D eigenvalue weighted by atomic mass is 16.5. The fourth-order valence-electron chi connectivity index (χ4n) is 2.98. The SMILES string of the molecule is C=CCN1C(=O)c2ccc(C(=O)O[C@H](C)C(=O)Nc3ccccc3OC)cc2C1=O. The summed E-state index contributed by atoms with van der Waals surface area (Å²) in [5.41, 5.74) is 0.826. The number of carbonyl (C=O) groups is 4. The molecule has 8 nitrogen and oxygen atoms in total. The summed E-state index contributed by atoms with van der Waals surface area (Å²) in [6, 6.07) is 10.9. The third-order valence-corrected chi connectivity index (χ3v) is 4.54. The number of benzene rings is 2. The molecular formula is C22H20N2O6. The summed E-state index contributed by atoms with van der Waals surface area (Å²) in [5.74, 6) is -1.82. The van der Waals surface area contributed by atoms with Crippen molar-refractivity contribution in [1.82, 2.24) is 4.90 Å². The Balaban J connectivity index is 1.71. The van der Waals surface area contributed by atoms with Gasteiger partial charge in [0.1, 0.15) is 5.75 Å². The Morgan fingerprint density at radius 2 is 1.83 bits per heavy atom. The largest absolute Gasteiger partial charge is 0.495 e. The van der Waals surface area contributed by atoms with E-state index in [1.54, 1.807) is 24.3 Å². The molecule has 1 heterocycles. The predicted molar refractivity (Wildman–Crippen MR) is 109 cm³/mol. The summed E-state index contributed by atoms with van der Waals surface area (Å²) in [7, 11) is 1.48. The quantitative estimate of drug-likeness (QED) is 0.429. The number of nitrogens with one attached hydrogen (secondary N) is 1. The molecule has 1 aliphatic rings. The average Bonchev–Trinajstić information content (AvgIpc) is 2.98. The van der Waals surface area contributed by atoms with Crippen molar-refractivity contribution in [2.45, 2.75) is 13.0 Å². The maximum Gasteiger partial charge on any atom is 0.338 e.